The number of aryl methyl sites for hydroxylation is 1. The monoisotopic (exact) mass is 184 g/mol. The fourth-order valence-corrected chi connectivity index (χ4v) is 0.897. The van der Waals surface area contributed by atoms with Gasteiger partial charge in [-0.2, -0.15) is 5.10 Å². The molecular formula is C7H12N4O2. The molecular weight excluding hydrogens is 172 g/mol. The van der Waals surface area contributed by atoms with E-state index in [1.807, 2.05) is 0 Å². The highest BCUT2D eigenvalue weighted by molar-refractivity contribution is 5.85. The van der Waals surface area contributed by atoms with Crippen LogP contribution in [0.15, 0.2) is 0 Å². The Kier molecular flexibility index (Phi) is 2.97. The van der Waals surface area contributed by atoms with Gasteiger partial charge in [0.05, 0.1) is 13.2 Å². The first-order valence-corrected chi connectivity index (χ1v) is 3.96. The quantitative estimate of drug-likeness (QED) is 0.637. The summed E-state index contributed by atoms with van der Waals surface area (Å²) in [7, 11) is 1.62. The van der Waals surface area contributed by atoms with Crippen molar-refractivity contribution >= 4 is 5.97 Å². The Morgan fingerprint density at radius 2 is 2.38 bits per heavy atom. The van der Waals surface area contributed by atoms with E-state index in [2.05, 4.69) is 10.1 Å². The Labute approximate surface area is 75.7 Å². The molecule has 6 nitrogen and oxygen atoms in total. The molecule has 1 aromatic rings. The molecule has 1 heterocycles. The second-order valence-corrected chi connectivity index (χ2v) is 2.40. The van der Waals surface area contributed by atoms with Crippen molar-refractivity contribution in [3.63, 3.8) is 0 Å². The molecule has 0 aliphatic carbocycles. The van der Waals surface area contributed by atoms with Crippen molar-refractivity contribution in [1.29, 1.82) is 0 Å². The molecule has 6 heteroatoms. The summed E-state index contributed by atoms with van der Waals surface area (Å²) >= 11 is 0. The van der Waals surface area contributed by atoms with Crippen LogP contribution < -0.4 is 5.73 Å². The molecule has 72 valence electrons. The number of esters is 1. The molecule has 1 rings (SSSR count). The average Bonchev–Trinajstić information content (AvgIpc) is 2.47. The third-order valence-corrected chi connectivity index (χ3v) is 1.45. The van der Waals surface area contributed by atoms with E-state index in [1.54, 1.807) is 14.0 Å². The van der Waals surface area contributed by atoms with E-state index in [0.717, 1.165) is 0 Å². The highest BCUT2D eigenvalue weighted by Gasteiger charge is 2.15. The van der Waals surface area contributed by atoms with E-state index < -0.39 is 5.97 Å². The number of ether oxygens (including phenoxy) is 1. The molecule has 0 saturated heterocycles. The van der Waals surface area contributed by atoms with Gasteiger partial charge in [0, 0.05) is 7.05 Å². The van der Waals surface area contributed by atoms with Gasteiger partial charge in [0.2, 0.25) is 5.82 Å². The number of rotatable bonds is 3. The molecule has 0 amide bonds. The lowest BCUT2D eigenvalue weighted by molar-refractivity contribution is 0.0506. The van der Waals surface area contributed by atoms with Gasteiger partial charge in [-0.1, -0.05) is 0 Å². The van der Waals surface area contributed by atoms with E-state index in [-0.39, 0.29) is 12.4 Å². The Morgan fingerprint density at radius 3 is 2.85 bits per heavy atom. The van der Waals surface area contributed by atoms with Gasteiger partial charge < -0.3 is 10.5 Å². The second-order valence-electron chi connectivity index (χ2n) is 2.40. The summed E-state index contributed by atoms with van der Waals surface area (Å²) in [6.45, 7) is 2.27. The molecule has 0 spiro atoms. The summed E-state index contributed by atoms with van der Waals surface area (Å²) < 4.78 is 6.12. The van der Waals surface area contributed by atoms with Crippen LogP contribution in [-0.4, -0.2) is 27.3 Å². The predicted octanol–water partition coefficient (Wildman–Crippen LogP) is -0.550. The third kappa shape index (κ3) is 2.03. The smallest absolute Gasteiger partial charge is 0.376 e. The van der Waals surface area contributed by atoms with Gasteiger partial charge in [0.15, 0.2) is 5.82 Å². The van der Waals surface area contributed by atoms with Gasteiger partial charge >= 0.3 is 5.97 Å². The van der Waals surface area contributed by atoms with Crippen LogP contribution in [0.5, 0.6) is 0 Å². The van der Waals surface area contributed by atoms with Crippen molar-refractivity contribution in [3.05, 3.63) is 11.6 Å². The van der Waals surface area contributed by atoms with Crippen molar-refractivity contribution in [2.75, 3.05) is 6.61 Å². The Morgan fingerprint density at radius 1 is 1.69 bits per heavy atom. The van der Waals surface area contributed by atoms with Crippen LogP contribution in [0.3, 0.4) is 0 Å². The van der Waals surface area contributed by atoms with Crippen LogP contribution in [0, 0.1) is 0 Å². The summed E-state index contributed by atoms with van der Waals surface area (Å²) in [5.74, 6) is 0.144. The zero-order chi connectivity index (χ0) is 9.84. The fourth-order valence-electron chi connectivity index (χ4n) is 0.897. The Hall–Kier alpha value is -1.43. The van der Waals surface area contributed by atoms with Crippen LogP contribution in [0.25, 0.3) is 0 Å². The van der Waals surface area contributed by atoms with E-state index in [1.165, 1.54) is 4.68 Å². The van der Waals surface area contributed by atoms with Crippen molar-refractivity contribution in [2.24, 2.45) is 12.8 Å². The van der Waals surface area contributed by atoms with Crippen LogP contribution >= 0.6 is 0 Å². The summed E-state index contributed by atoms with van der Waals surface area (Å²) in [5, 5.41) is 3.91. The SMILES string of the molecule is CCOC(=O)c1nc(CN)nn1C. The van der Waals surface area contributed by atoms with Crippen LogP contribution in [0.2, 0.25) is 0 Å². The minimum absolute atomic E-state index is 0.183. The molecule has 0 fully saturated rings. The molecule has 0 bridgehead atoms. The Balaban J connectivity index is 2.87. The average molecular weight is 184 g/mol. The van der Waals surface area contributed by atoms with Crippen molar-refractivity contribution < 1.29 is 9.53 Å². The molecule has 0 radical (unpaired) electrons. The standard InChI is InChI=1S/C7H12N4O2/c1-3-13-7(12)6-9-5(4-8)10-11(6)2/h3-4,8H2,1-2H3. The van der Waals surface area contributed by atoms with Gasteiger partial charge in [-0.05, 0) is 6.92 Å². The number of hydrogen-bond acceptors (Lipinski definition) is 5. The van der Waals surface area contributed by atoms with E-state index in [0.29, 0.717) is 12.4 Å². The highest BCUT2D eigenvalue weighted by Crippen LogP contribution is 1.98. The largest absolute Gasteiger partial charge is 0.460 e. The van der Waals surface area contributed by atoms with Crippen molar-refractivity contribution in [1.82, 2.24) is 14.8 Å². The molecule has 0 saturated carbocycles. The highest BCUT2D eigenvalue weighted by atomic mass is 16.5. The summed E-state index contributed by atoms with van der Waals surface area (Å²) in [4.78, 5) is 15.1. The number of nitrogens with two attached hydrogens (primary N) is 1. The number of nitrogens with zero attached hydrogens (tertiary/aromatic N) is 3. The molecule has 2 N–H and O–H groups in total. The lowest BCUT2D eigenvalue weighted by atomic mass is 10.6. The van der Waals surface area contributed by atoms with Gasteiger partial charge in [-0.15, -0.1) is 0 Å². The van der Waals surface area contributed by atoms with Crippen LogP contribution in [0.1, 0.15) is 23.4 Å². The van der Waals surface area contributed by atoms with Gasteiger partial charge in [-0.25, -0.2) is 14.5 Å². The first kappa shape index (κ1) is 9.66. The molecule has 13 heavy (non-hydrogen) atoms. The number of hydrogen-bond donors (Lipinski definition) is 1. The maximum Gasteiger partial charge on any atom is 0.376 e. The first-order valence-electron chi connectivity index (χ1n) is 3.96. The van der Waals surface area contributed by atoms with Gasteiger partial charge in [-0.3, -0.25) is 0 Å². The molecule has 0 aromatic carbocycles. The van der Waals surface area contributed by atoms with Crippen LogP contribution in [-0.2, 0) is 18.3 Å². The van der Waals surface area contributed by atoms with E-state index >= 15 is 0 Å². The lowest BCUT2D eigenvalue weighted by Crippen LogP contribution is -2.11. The van der Waals surface area contributed by atoms with Crippen molar-refractivity contribution in [3.8, 4) is 0 Å². The maximum absolute atomic E-state index is 11.2. The molecule has 1 aromatic heterocycles. The molecule has 0 aliphatic rings. The third-order valence-electron chi connectivity index (χ3n) is 1.45. The number of aromatic nitrogens is 3. The zero-order valence-corrected chi connectivity index (χ0v) is 7.65. The van der Waals surface area contributed by atoms with E-state index in [9.17, 15) is 4.79 Å². The van der Waals surface area contributed by atoms with Gasteiger partial charge in [0.25, 0.3) is 0 Å². The molecule has 0 unspecified atom stereocenters. The predicted molar refractivity (Wildman–Crippen MR) is 44.9 cm³/mol. The number of carbonyl (C=O) groups excluding carboxylic acids is 1. The number of carbonyl (C=O) groups is 1. The van der Waals surface area contributed by atoms with Gasteiger partial charge in [0.1, 0.15) is 0 Å². The maximum atomic E-state index is 11.2. The summed E-state index contributed by atoms with van der Waals surface area (Å²) in [5.41, 5.74) is 5.32. The normalized spacial score (nSPS) is 10.1. The zero-order valence-electron chi connectivity index (χ0n) is 7.65. The van der Waals surface area contributed by atoms with E-state index in [4.69, 9.17) is 10.5 Å². The summed E-state index contributed by atoms with van der Waals surface area (Å²) in [6, 6.07) is 0. The summed E-state index contributed by atoms with van der Waals surface area (Å²) in [6.07, 6.45) is 0. The van der Waals surface area contributed by atoms with Crippen molar-refractivity contribution in [2.45, 2.75) is 13.5 Å². The molecule has 0 atom stereocenters. The molecule has 0 aliphatic heterocycles. The van der Waals surface area contributed by atoms with Crippen LogP contribution in [0.4, 0.5) is 0 Å². The lowest BCUT2D eigenvalue weighted by Gasteiger charge is -1.98. The topological polar surface area (TPSA) is 83.0 Å². The second kappa shape index (κ2) is 3.99. The fraction of sp³-hybridized carbons (Fsp3) is 0.571. The minimum atomic E-state index is -0.475. The first-order chi connectivity index (χ1) is 6.19. The minimum Gasteiger partial charge on any atom is -0.460 e. The Bertz CT molecular complexity index is 307.